The van der Waals surface area contributed by atoms with Gasteiger partial charge in [0.25, 0.3) is 0 Å². The number of hydrogen-bond donors (Lipinski definition) is 0. The molecule has 0 saturated heterocycles. The van der Waals surface area contributed by atoms with Crippen molar-refractivity contribution in [2.24, 2.45) is 0 Å². The van der Waals surface area contributed by atoms with Crippen LogP contribution in [0.15, 0.2) is 67.0 Å². The molecule has 43 heavy (non-hydrogen) atoms. The maximum Gasteiger partial charge on any atom is 0.324 e. The Bertz CT molecular complexity index is 1780. The summed E-state index contributed by atoms with van der Waals surface area (Å²) in [5.41, 5.74) is 1.41. The van der Waals surface area contributed by atoms with E-state index < -0.39 is 22.2 Å². The van der Waals surface area contributed by atoms with Crippen LogP contribution in [-0.2, 0) is 5.21 Å². The van der Waals surface area contributed by atoms with Gasteiger partial charge >= 0.3 is 11.7 Å². The Hall–Kier alpha value is -4.79. The minimum atomic E-state index is -0.869. The highest BCUT2D eigenvalue weighted by Gasteiger charge is 2.60. The zero-order valence-corrected chi connectivity index (χ0v) is 25.8. The quantitative estimate of drug-likeness (QED) is 0.250. The molecule has 2 aliphatic heterocycles. The fourth-order valence-corrected chi connectivity index (χ4v) is 4.76. The van der Waals surface area contributed by atoms with Crippen LogP contribution in [0.2, 0.25) is 0 Å². The lowest BCUT2D eigenvalue weighted by atomic mass is 9.84. The molecule has 2 aromatic carbocycles. The summed E-state index contributed by atoms with van der Waals surface area (Å²) in [6.45, 7) is 14.8. The van der Waals surface area contributed by atoms with Crippen molar-refractivity contribution in [2.75, 3.05) is 0 Å². The predicted molar refractivity (Wildman–Crippen MR) is 166 cm³/mol. The van der Waals surface area contributed by atoms with Crippen molar-refractivity contribution in [3.63, 3.8) is 0 Å². The maximum absolute atomic E-state index is 12.9. The van der Waals surface area contributed by atoms with E-state index in [1.165, 1.54) is 0 Å². The maximum atomic E-state index is 12.9. The van der Waals surface area contributed by atoms with Crippen LogP contribution in [0.25, 0.3) is 0 Å². The van der Waals surface area contributed by atoms with E-state index in [-0.39, 0.29) is 5.84 Å². The lowest BCUT2D eigenvalue weighted by molar-refractivity contribution is -0.539. The summed E-state index contributed by atoms with van der Waals surface area (Å²) in [4.78, 5) is 4.28. The van der Waals surface area contributed by atoms with Gasteiger partial charge in [0, 0.05) is 39.9 Å². The van der Waals surface area contributed by atoms with Crippen molar-refractivity contribution in [3.05, 3.63) is 111 Å². The van der Waals surface area contributed by atoms with Crippen molar-refractivity contribution in [3.8, 4) is 23.7 Å². The predicted octanol–water partition coefficient (Wildman–Crippen LogP) is 4.79. The Morgan fingerprint density at radius 3 is 1.53 bits per heavy atom. The third-order valence-electron chi connectivity index (χ3n) is 9.21. The molecule has 0 saturated carbocycles. The van der Waals surface area contributed by atoms with Crippen molar-refractivity contribution >= 4 is 11.7 Å². The highest BCUT2D eigenvalue weighted by molar-refractivity contribution is 5.97. The molecule has 0 fully saturated rings. The molecule has 8 nitrogen and oxygen atoms in total. The van der Waals surface area contributed by atoms with Crippen LogP contribution in [0, 0.1) is 34.1 Å². The lowest BCUT2D eigenvalue weighted by Crippen LogP contribution is -2.53. The van der Waals surface area contributed by atoms with Gasteiger partial charge in [0.15, 0.2) is 11.1 Å². The molecule has 0 aliphatic carbocycles. The highest BCUT2D eigenvalue weighted by atomic mass is 16.5. The van der Waals surface area contributed by atoms with Gasteiger partial charge in [-0.1, -0.05) is 34.1 Å². The van der Waals surface area contributed by atoms with Gasteiger partial charge in [0.2, 0.25) is 0 Å². The average molecular weight is 574 g/mol. The van der Waals surface area contributed by atoms with Crippen LogP contribution < -0.4 is 5.32 Å². The normalized spacial score (nSPS) is 19.3. The van der Waals surface area contributed by atoms with Gasteiger partial charge in [0.1, 0.15) is 11.1 Å². The molecule has 0 unspecified atom stereocenters. The number of aromatic nitrogens is 1. The molecule has 8 heteroatoms. The topological polar surface area (TPSA) is 102 Å². The molecule has 0 amide bonds. The number of amidine groups is 2. The molecule has 5 rings (SSSR count). The first-order valence-electron chi connectivity index (χ1n) is 14.2. The zero-order valence-electron chi connectivity index (χ0n) is 25.8. The SMILES string of the molecule is CC1(C)[N]C(c2ccc(C#Cc3cncc(C#Cc4ccc(C5=[N+]([O-])C(C)(C)C(C)(C)N5[O])cc4)c3)cc2)=[N+]([O-])C1(C)C. The van der Waals surface area contributed by atoms with Gasteiger partial charge in [-0.15, -0.1) is 0 Å². The number of hydroxylamine groups is 4. The van der Waals surface area contributed by atoms with E-state index in [4.69, 9.17) is 0 Å². The van der Waals surface area contributed by atoms with Crippen LogP contribution >= 0.6 is 0 Å². The second-order valence-electron chi connectivity index (χ2n) is 13.0. The van der Waals surface area contributed by atoms with Crippen molar-refractivity contribution in [1.29, 1.82) is 0 Å². The monoisotopic (exact) mass is 573 g/mol. The largest absolute Gasteiger partial charge is 0.714 e. The first kappa shape index (κ1) is 29.7. The minimum absolute atomic E-state index is 0.104. The molecule has 1 aromatic heterocycles. The molecule has 218 valence electrons. The van der Waals surface area contributed by atoms with Crippen molar-refractivity contribution in [2.45, 2.75) is 77.5 Å². The van der Waals surface area contributed by atoms with Crippen LogP contribution in [0.4, 0.5) is 0 Å². The number of pyridine rings is 1. The van der Waals surface area contributed by atoms with E-state index >= 15 is 0 Å². The zero-order chi connectivity index (χ0) is 31.4. The minimum Gasteiger partial charge on any atom is -0.714 e. The first-order valence-corrected chi connectivity index (χ1v) is 14.2. The standard InChI is InChI=1S/C35H35N5O3/c1-32(2)33(3,4)38(41)30(37-32)28-17-13-24(14-18-28)9-11-26-21-27(23-36-22-26)12-10-25-15-19-29(20-16-25)31-39(42)34(5,6)35(7,8)40(31)43/h13-23H,1-8H3. The van der Waals surface area contributed by atoms with E-state index in [1.807, 2.05) is 58.0 Å². The second kappa shape index (κ2) is 10.2. The molecule has 3 aromatic rings. The van der Waals surface area contributed by atoms with Crippen molar-refractivity contribution in [1.82, 2.24) is 15.4 Å². The Labute approximate surface area is 253 Å². The Kier molecular flexibility index (Phi) is 7.03. The number of hydrogen-bond acceptors (Lipinski definition) is 4. The summed E-state index contributed by atoms with van der Waals surface area (Å²) in [7, 11) is 0. The summed E-state index contributed by atoms with van der Waals surface area (Å²) in [5.74, 6) is 13.0. The fraction of sp³-hybridized carbons (Fsp3) is 0.343. The number of nitrogens with zero attached hydrogens (tertiary/aromatic N) is 5. The fourth-order valence-electron chi connectivity index (χ4n) is 4.76. The second-order valence-corrected chi connectivity index (χ2v) is 13.0. The summed E-state index contributed by atoms with van der Waals surface area (Å²) in [5, 5.41) is 44.2. The summed E-state index contributed by atoms with van der Waals surface area (Å²) < 4.78 is 1.80. The molecule has 0 bridgehead atoms. The molecular weight excluding hydrogens is 538 g/mol. The molecule has 0 N–H and O–H groups in total. The summed E-state index contributed by atoms with van der Waals surface area (Å²) >= 11 is 0. The van der Waals surface area contributed by atoms with Gasteiger partial charge in [-0.25, -0.2) is 0 Å². The molecule has 2 aliphatic rings. The van der Waals surface area contributed by atoms with E-state index in [0.717, 1.165) is 36.8 Å². The van der Waals surface area contributed by atoms with E-state index in [9.17, 15) is 15.6 Å². The molecule has 3 heterocycles. The molecule has 0 spiro atoms. The van der Waals surface area contributed by atoms with Gasteiger partial charge in [-0.3, -0.25) is 14.5 Å². The van der Waals surface area contributed by atoms with Crippen LogP contribution in [-0.4, -0.2) is 53.4 Å². The van der Waals surface area contributed by atoms with Crippen molar-refractivity contribution < 1.29 is 14.7 Å². The Morgan fingerprint density at radius 1 is 0.651 bits per heavy atom. The summed E-state index contributed by atoms with van der Waals surface area (Å²) in [6.07, 6.45) is 3.35. The van der Waals surface area contributed by atoms with Crippen LogP contribution in [0.3, 0.4) is 0 Å². The molecular formula is C35H35N5O3. The number of benzene rings is 2. The van der Waals surface area contributed by atoms with E-state index in [0.29, 0.717) is 17.0 Å². The first-order chi connectivity index (χ1) is 20.1. The van der Waals surface area contributed by atoms with Crippen LogP contribution in [0.1, 0.15) is 88.8 Å². The van der Waals surface area contributed by atoms with Crippen LogP contribution in [0.5, 0.6) is 0 Å². The Morgan fingerprint density at radius 2 is 1.12 bits per heavy atom. The number of rotatable bonds is 2. The summed E-state index contributed by atoms with van der Waals surface area (Å²) in [6, 6.07) is 16.4. The van der Waals surface area contributed by atoms with Gasteiger partial charge in [0.05, 0.1) is 11.1 Å². The van der Waals surface area contributed by atoms with Gasteiger partial charge in [-0.05, 0) is 110 Å². The molecule has 2 radical (unpaired) electrons. The smallest absolute Gasteiger partial charge is 0.324 e. The van der Waals surface area contributed by atoms with Gasteiger partial charge < -0.3 is 10.4 Å². The third kappa shape index (κ3) is 4.98. The van der Waals surface area contributed by atoms with E-state index in [1.54, 1.807) is 64.4 Å². The van der Waals surface area contributed by atoms with E-state index in [2.05, 4.69) is 34.0 Å². The Balaban J connectivity index is 1.30. The van der Waals surface area contributed by atoms with Gasteiger partial charge in [-0.2, -0.15) is 0 Å². The highest BCUT2D eigenvalue weighted by Crippen LogP contribution is 2.37. The lowest BCUT2D eigenvalue weighted by Gasteiger charge is -2.32. The molecule has 0 atom stereocenters. The average Bonchev–Trinajstić information content (AvgIpc) is 3.21. The third-order valence-corrected chi connectivity index (χ3v) is 9.21.